The highest BCUT2D eigenvalue weighted by molar-refractivity contribution is 6.31. The molecule has 1 saturated carbocycles. The Labute approximate surface area is 128 Å². The third-order valence-electron chi connectivity index (χ3n) is 4.62. The molecule has 1 saturated heterocycles. The molecule has 0 radical (unpaired) electrons. The van der Waals surface area contributed by atoms with E-state index < -0.39 is 11.9 Å². The second-order valence-corrected chi connectivity index (χ2v) is 6.53. The molecule has 2 aliphatic rings. The zero-order valence-electron chi connectivity index (χ0n) is 11.9. The Morgan fingerprint density at radius 1 is 1.29 bits per heavy atom. The lowest BCUT2D eigenvalue weighted by Crippen LogP contribution is -2.29. The number of amides is 1. The van der Waals surface area contributed by atoms with Gasteiger partial charge in [0, 0.05) is 23.7 Å². The number of aryl methyl sites for hydroxylation is 1. The van der Waals surface area contributed by atoms with Crippen LogP contribution >= 0.6 is 11.6 Å². The number of halogens is 1. The normalized spacial score (nSPS) is 25.1. The van der Waals surface area contributed by atoms with Crippen LogP contribution in [0.2, 0.25) is 5.02 Å². The van der Waals surface area contributed by atoms with Crippen LogP contribution in [-0.2, 0) is 4.79 Å². The van der Waals surface area contributed by atoms with E-state index in [-0.39, 0.29) is 11.8 Å². The molecule has 5 heteroatoms. The smallest absolute Gasteiger partial charge is 0.308 e. The number of benzene rings is 1. The summed E-state index contributed by atoms with van der Waals surface area (Å²) in [6.07, 6.45) is 2.18. The summed E-state index contributed by atoms with van der Waals surface area (Å²) in [4.78, 5) is 25.6. The van der Waals surface area contributed by atoms with Crippen LogP contribution in [0.3, 0.4) is 0 Å². The van der Waals surface area contributed by atoms with E-state index in [0.717, 1.165) is 18.4 Å². The quantitative estimate of drug-likeness (QED) is 0.934. The monoisotopic (exact) mass is 307 g/mol. The summed E-state index contributed by atoms with van der Waals surface area (Å²) in [6.45, 7) is 2.74. The van der Waals surface area contributed by atoms with Crippen molar-refractivity contribution in [3.63, 3.8) is 0 Å². The van der Waals surface area contributed by atoms with Gasteiger partial charge in [0.15, 0.2) is 0 Å². The predicted molar refractivity (Wildman–Crippen MR) is 79.4 cm³/mol. The molecule has 1 N–H and O–H groups in total. The van der Waals surface area contributed by atoms with Crippen molar-refractivity contribution < 1.29 is 14.7 Å². The van der Waals surface area contributed by atoms with E-state index >= 15 is 0 Å². The van der Waals surface area contributed by atoms with Crippen LogP contribution in [0.25, 0.3) is 0 Å². The summed E-state index contributed by atoms with van der Waals surface area (Å²) in [5, 5.41) is 9.92. The van der Waals surface area contributed by atoms with Gasteiger partial charge >= 0.3 is 5.97 Å². The van der Waals surface area contributed by atoms with Gasteiger partial charge in [0.05, 0.1) is 5.92 Å². The molecule has 0 spiro atoms. The number of nitrogens with zero attached hydrogens (tertiary/aromatic N) is 1. The molecular formula is C16H18ClNO3. The van der Waals surface area contributed by atoms with E-state index in [0.29, 0.717) is 29.6 Å². The largest absolute Gasteiger partial charge is 0.481 e. The standard InChI is InChI=1S/C16H18ClNO3/c1-9-2-3-11(6-14(9)17)15(19)18-7-12(10-4-5-10)13(8-18)16(20)21/h2-3,6,10,12-13H,4-5,7-8H2,1H3,(H,20,21)/t12-,13+/m1/s1. The number of likely N-dealkylation sites (tertiary alicyclic amines) is 1. The molecule has 0 unspecified atom stereocenters. The molecule has 0 bridgehead atoms. The first-order valence-electron chi connectivity index (χ1n) is 7.25. The zero-order valence-corrected chi connectivity index (χ0v) is 12.6. The zero-order chi connectivity index (χ0) is 15.1. The lowest BCUT2D eigenvalue weighted by molar-refractivity contribution is -0.142. The van der Waals surface area contributed by atoms with Crippen molar-refractivity contribution in [2.24, 2.45) is 17.8 Å². The van der Waals surface area contributed by atoms with Gasteiger partial charge in [-0.2, -0.15) is 0 Å². The first-order valence-corrected chi connectivity index (χ1v) is 7.63. The van der Waals surface area contributed by atoms with E-state index in [9.17, 15) is 14.7 Å². The second kappa shape index (κ2) is 5.34. The minimum Gasteiger partial charge on any atom is -0.481 e. The van der Waals surface area contributed by atoms with Crippen LogP contribution in [0.5, 0.6) is 0 Å². The number of carbonyl (C=O) groups excluding carboxylic acids is 1. The minimum absolute atomic E-state index is 0.104. The van der Waals surface area contributed by atoms with Crippen LogP contribution in [0.15, 0.2) is 18.2 Å². The summed E-state index contributed by atoms with van der Waals surface area (Å²) in [7, 11) is 0. The summed E-state index contributed by atoms with van der Waals surface area (Å²) in [6, 6.07) is 5.24. The van der Waals surface area contributed by atoms with E-state index in [2.05, 4.69) is 0 Å². The molecule has 2 atom stereocenters. The van der Waals surface area contributed by atoms with Gasteiger partial charge in [-0.05, 0) is 49.3 Å². The topological polar surface area (TPSA) is 57.6 Å². The van der Waals surface area contributed by atoms with Crippen LogP contribution in [0.1, 0.15) is 28.8 Å². The number of hydrogen-bond donors (Lipinski definition) is 1. The molecule has 0 aromatic heterocycles. The molecule has 112 valence electrons. The van der Waals surface area contributed by atoms with Crippen molar-refractivity contribution >= 4 is 23.5 Å². The highest BCUT2D eigenvalue weighted by Gasteiger charge is 2.46. The van der Waals surface area contributed by atoms with Gasteiger partial charge in [-0.3, -0.25) is 9.59 Å². The lowest BCUT2D eigenvalue weighted by Gasteiger charge is -2.16. The van der Waals surface area contributed by atoms with Crippen LogP contribution in [-0.4, -0.2) is 35.0 Å². The van der Waals surface area contributed by atoms with Gasteiger partial charge in [0.25, 0.3) is 5.91 Å². The number of carbonyl (C=O) groups is 2. The minimum atomic E-state index is -0.788. The summed E-state index contributed by atoms with van der Waals surface area (Å²) in [5.74, 6) is -0.754. The molecular weight excluding hydrogens is 290 g/mol. The maximum absolute atomic E-state index is 12.5. The fraction of sp³-hybridized carbons (Fsp3) is 0.500. The Hall–Kier alpha value is -1.55. The van der Waals surface area contributed by atoms with Gasteiger partial charge < -0.3 is 10.0 Å². The first kappa shape index (κ1) is 14.4. The van der Waals surface area contributed by atoms with Crippen LogP contribution in [0, 0.1) is 24.7 Å². The van der Waals surface area contributed by atoms with Crippen LogP contribution in [0.4, 0.5) is 0 Å². The first-order chi connectivity index (χ1) is 9.97. The summed E-state index contributed by atoms with van der Waals surface area (Å²) < 4.78 is 0. The third kappa shape index (κ3) is 2.77. The van der Waals surface area contributed by atoms with Crippen molar-refractivity contribution in [2.75, 3.05) is 13.1 Å². The third-order valence-corrected chi connectivity index (χ3v) is 5.02. The fourth-order valence-electron chi connectivity index (χ4n) is 3.17. The van der Waals surface area contributed by atoms with Crippen molar-refractivity contribution in [1.82, 2.24) is 4.90 Å². The molecule has 3 rings (SSSR count). The highest BCUT2D eigenvalue weighted by Crippen LogP contribution is 2.44. The molecule has 21 heavy (non-hydrogen) atoms. The average molecular weight is 308 g/mol. The number of aliphatic carboxylic acids is 1. The van der Waals surface area contributed by atoms with E-state index in [1.54, 1.807) is 17.0 Å². The molecule has 1 aromatic rings. The van der Waals surface area contributed by atoms with Crippen molar-refractivity contribution in [3.05, 3.63) is 34.3 Å². The maximum Gasteiger partial charge on any atom is 0.308 e. The molecule has 4 nitrogen and oxygen atoms in total. The highest BCUT2D eigenvalue weighted by atomic mass is 35.5. The number of carboxylic acid groups (broad SMARTS) is 1. The summed E-state index contributed by atoms with van der Waals surface area (Å²) >= 11 is 6.07. The predicted octanol–water partition coefficient (Wildman–Crippen LogP) is 2.83. The Morgan fingerprint density at radius 2 is 2.00 bits per heavy atom. The van der Waals surface area contributed by atoms with Crippen molar-refractivity contribution in [2.45, 2.75) is 19.8 Å². The van der Waals surface area contributed by atoms with Gasteiger partial charge in [-0.15, -0.1) is 0 Å². The lowest BCUT2D eigenvalue weighted by atomic mass is 9.92. The van der Waals surface area contributed by atoms with E-state index in [1.165, 1.54) is 0 Å². The van der Waals surface area contributed by atoms with Gasteiger partial charge in [-0.25, -0.2) is 0 Å². The Morgan fingerprint density at radius 3 is 2.57 bits per heavy atom. The SMILES string of the molecule is Cc1ccc(C(=O)N2C[C@H](C(=O)O)[C@@H](C3CC3)C2)cc1Cl. The van der Waals surface area contributed by atoms with E-state index in [1.807, 2.05) is 13.0 Å². The van der Waals surface area contributed by atoms with Crippen LogP contribution < -0.4 is 0 Å². The molecule has 1 aromatic carbocycles. The number of hydrogen-bond acceptors (Lipinski definition) is 2. The Balaban J connectivity index is 1.78. The Bertz CT molecular complexity index is 597. The van der Waals surface area contributed by atoms with Gasteiger partial charge in [0.2, 0.25) is 0 Å². The molecule has 1 amide bonds. The maximum atomic E-state index is 12.5. The van der Waals surface area contributed by atoms with Crippen molar-refractivity contribution in [3.8, 4) is 0 Å². The Kier molecular flexibility index (Phi) is 3.66. The van der Waals surface area contributed by atoms with E-state index in [4.69, 9.17) is 11.6 Å². The molecule has 1 aliphatic carbocycles. The molecule has 2 fully saturated rings. The number of carboxylic acids is 1. The number of rotatable bonds is 3. The van der Waals surface area contributed by atoms with Gasteiger partial charge in [-0.1, -0.05) is 17.7 Å². The van der Waals surface area contributed by atoms with Crippen molar-refractivity contribution in [1.29, 1.82) is 0 Å². The fourth-order valence-corrected chi connectivity index (χ4v) is 3.35. The van der Waals surface area contributed by atoms with Gasteiger partial charge in [0.1, 0.15) is 0 Å². The molecule has 1 heterocycles. The summed E-state index contributed by atoms with van der Waals surface area (Å²) in [5.41, 5.74) is 1.46. The molecule has 1 aliphatic heterocycles. The second-order valence-electron chi connectivity index (χ2n) is 6.12. The average Bonchev–Trinajstić information content (AvgIpc) is 3.19.